The molecular formula is C17H28N2. The lowest BCUT2D eigenvalue weighted by Gasteiger charge is -2.22. The van der Waals surface area contributed by atoms with E-state index in [0.717, 1.165) is 19.1 Å². The summed E-state index contributed by atoms with van der Waals surface area (Å²) in [6.45, 7) is 4.31. The zero-order valence-electron chi connectivity index (χ0n) is 12.5. The molecule has 2 nitrogen and oxygen atoms in total. The van der Waals surface area contributed by atoms with Crippen LogP contribution >= 0.6 is 0 Å². The lowest BCUT2D eigenvalue weighted by molar-refractivity contribution is 0.464. The smallest absolute Gasteiger partial charge is 0.0364 e. The molecule has 0 spiro atoms. The fourth-order valence-electron chi connectivity index (χ4n) is 2.85. The van der Waals surface area contributed by atoms with E-state index < -0.39 is 0 Å². The van der Waals surface area contributed by atoms with Crippen molar-refractivity contribution in [2.75, 3.05) is 25.0 Å². The lowest BCUT2D eigenvalue weighted by atomic mass is 10.1. The van der Waals surface area contributed by atoms with Gasteiger partial charge in [0.05, 0.1) is 0 Å². The molecule has 0 aliphatic heterocycles. The van der Waals surface area contributed by atoms with Gasteiger partial charge in [0.2, 0.25) is 0 Å². The Hall–Kier alpha value is -1.02. The number of benzene rings is 1. The van der Waals surface area contributed by atoms with Crippen molar-refractivity contribution in [1.82, 2.24) is 5.32 Å². The molecule has 0 amide bonds. The first-order chi connectivity index (χ1) is 9.25. The molecule has 0 heterocycles. The number of nitrogens with one attached hydrogen (secondary N) is 1. The van der Waals surface area contributed by atoms with Gasteiger partial charge in [-0.1, -0.05) is 43.4 Å². The van der Waals surface area contributed by atoms with Gasteiger partial charge in [0.15, 0.2) is 0 Å². The summed E-state index contributed by atoms with van der Waals surface area (Å²) in [4.78, 5) is 2.34. The summed E-state index contributed by atoms with van der Waals surface area (Å²) in [5.41, 5.74) is 2.64. The molecule has 19 heavy (non-hydrogen) atoms. The van der Waals surface area contributed by atoms with Gasteiger partial charge in [-0.25, -0.2) is 0 Å². The third kappa shape index (κ3) is 4.87. The SMILES string of the molecule is Cc1ccc(N(C)CCNC2CCCCCC2)cc1. The Labute approximate surface area is 118 Å². The number of likely N-dealkylation sites (N-methyl/N-ethyl adjacent to an activating group) is 1. The molecule has 1 aromatic rings. The highest BCUT2D eigenvalue weighted by Crippen LogP contribution is 2.17. The van der Waals surface area contributed by atoms with Crippen LogP contribution in [0.3, 0.4) is 0 Å². The fraction of sp³-hybridized carbons (Fsp3) is 0.647. The van der Waals surface area contributed by atoms with E-state index in [2.05, 4.69) is 48.5 Å². The predicted octanol–water partition coefficient (Wildman–Crippen LogP) is 3.74. The molecule has 0 bridgehead atoms. The maximum absolute atomic E-state index is 3.73. The van der Waals surface area contributed by atoms with Crippen LogP contribution in [0.25, 0.3) is 0 Å². The van der Waals surface area contributed by atoms with Crippen LogP contribution in [0.5, 0.6) is 0 Å². The molecule has 106 valence electrons. The second-order valence-corrected chi connectivity index (χ2v) is 5.90. The Kier molecular flexibility index (Phi) is 5.71. The molecule has 1 aliphatic rings. The molecule has 2 rings (SSSR count). The minimum Gasteiger partial charge on any atom is -0.373 e. The van der Waals surface area contributed by atoms with E-state index in [0.29, 0.717) is 0 Å². The van der Waals surface area contributed by atoms with Crippen LogP contribution in [-0.2, 0) is 0 Å². The number of hydrogen-bond donors (Lipinski definition) is 1. The minimum atomic E-state index is 0.758. The van der Waals surface area contributed by atoms with E-state index in [1.165, 1.54) is 49.8 Å². The second-order valence-electron chi connectivity index (χ2n) is 5.90. The first-order valence-corrected chi connectivity index (χ1v) is 7.77. The average Bonchev–Trinajstić information content (AvgIpc) is 2.68. The first-order valence-electron chi connectivity index (χ1n) is 7.77. The predicted molar refractivity (Wildman–Crippen MR) is 83.9 cm³/mol. The van der Waals surface area contributed by atoms with E-state index >= 15 is 0 Å². The molecule has 0 atom stereocenters. The van der Waals surface area contributed by atoms with Gasteiger partial charge in [0.1, 0.15) is 0 Å². The number of aryl methyl sites for hydroxylation is 1. The Balaban J connectivity index is 1.71. The van der Waals surface area contributed by atoms with Crippen molar-refractivity contribution in [2.45, 2.75) is 51.5 Å². The zero-order chi connectivity index (χ0) is 13.5. The van der Waals surface area contributed by atoms with Crippen LogP contribution in [0.15, 0.2) is 24.3 Å². The van der Waals surface area contributed by atoms with Crippen LogP contribution in [0.1, 0.15) is 44.1 Å². The topological polar surface area (TPSA) is 15.3 Å². The summed E-state index contributed by atoms with van der Waals surface area (Å²) >= 11 is 0. The highest BCUT2D eigenvalue weighted by atomic mass is 15.1. The summed E-state index contributed by atoms with van der Waals surface area (Å²) in [5, 5.41) is 3.73. The first kappa shape index (κ1) is 14.4. The van der Waals surface area contributed by atoms with Crippen LogP contribution in [0, 0.1) is 6.92 Å². The largest absolute Gasteiger partial charge is 0.373 e. The van der Waals surface area contributed by atoms with Gasteiger partial charge in [-0.05, 0) is 31.9 Å². The standard InChI is InChI=1S/C17H28N2/c1-15-9-11-17(12-10-15)19(2)14-13-18-16-7-5-3-4-6-8-16/h9-12,16,18H,3-8,13-14H2,1-2H3. The van der Waals surface area contributed by atoms with Gasteiger partial charge >= 0.3 is 0 Å². The summed E-state index contributed by atoms with van der Waals surface area (Å²) in [6.07, 6.45) is 8.42. The average molecular weight is 260 g/mol. The maximum Gasteiger partial charge on any atom is 0.0364 e. The van der Waals surface area contributed by atoms with Crippen molar-refractivity contribution in [3.8, 4) is 0 Å². The van der Waals surface area contributed by atoms with E-state index in [9.17, 15) is 0 Å². The van der Waals surface area contributed by atoms with Gasteiger partial charge < -0.3 is 10.2 Å². The molecule has 1 aromatic carbocycles. The van der Waals surface area contributed by atoms with Crippen LogP contribution in [0.4, 0.5) is 5.69 Å². The molecule has 0 radical (unpaired) electrons. The van der Waals surface area contributed by atoms with Crippen LogP contribution in [0.2, 0.25) is 0 Å². The van der Waals surface area contributed by atoms with Gasteiger partial charge in [-0.2, -0.15) is 0 Å². The third-order valence-corrected chi connectivity index (χ3v) is 4.21. The Morgan fingerprint density at radius 1 is 1.05 bits per heavy atom. The number of hydrogen-bond acceptors (Lipinski definition) is 2. The summed E-state index contributed by atoms with van der Waals surface area (Å²) < 4.78 is 0. The summed E-state index contributed by atoms with van der Waals surface area (Å²) in [5.74, 6) is 0. The van der Waals surface area contributed by atoms with Crippen LogP contribution in [-0.4, -0.2) is 26.2 Å². The normalized spacial score (nSPS) is 17.2. The monoisotopic (exact) mass is 260 g/mol. The molecule has 0 saturated heterocycles. The number of rotatable bonds is 5. The van der Waals surface area contributed by atoms with Gasteiger partial charge in [-0.3, -0.25) is 0 Å². The molecule has 2 heteroatoms. The summed E-state index contributed by atoms with van der Waals surface area (Å²) in [7, 11) is 2.18. The van der Waals surface area contributed by atoms with Gasteiger partial charge in [0, 0.05) is 31.9 Å². The third-order valence-electron chi connectivity index (χ3n) is 4.21. The van der Waals surface area contributed by atoms with Crippen molar-refractivity contribution >= 4 is 5.69 Å². The van der Waals surface area contributed by atoms with Gasteiger partial charge in [0.25, 0.3) is 0 Å². The highest BCUT2D eigenvalue weighted by molar-refractivity contribution is 5.46. The molecule has 1 saturated carbocycles. The van der Waals surface area contributed by atoms with E-state index in [4.69, 9.17) is 0 Å². The van der Waals surface area contributed by atoms with E-state index in [1.807, 2.05) is 0 Å². The molecule has 0 aromatic heterocycles. The highest BCUT2D eigenvalue weighted by Gasteiger charge is 2.11. The zero-order valence-corrected chi connectivity index (χ0v) is 12.5. The Bertz CT molecular complexity index is 350. The number of nitrogens with zero attached hydrogens (tertiary/aromatic N) is 1. The quantitative estimate of drug-likeness (QED) is 0.811. The molecule has 1 N–H and O–H groups in total. The molecule has 1 aliphatic carbocycles. The van der Waals surface area contributed by atoms with E-state index in [-0.39, 0.29) is 0 Å². The maximum atomic E-state index is 3.73. The molecular weight excluding hydrogens is 232 g/mol. The van der Waals surface area contributed by atoms with Crippen molar-refractivity contribution in [1.29, 1.82) is 0 Å². The van der Waals surface area contributed by atoms with Crippen molar-refractivity contribution in [2.24, 2.45) is 0 Å². The lowest BCUT2D eigenvalue weighted by Crippen LogP contribution is -2.35. The molecule has 0 unspecified atom stereocenters. The fourth-order valence-corrected chi connectivity index (χ4v) is 2.85. The van der Waals surface area contributed by atoms with Crippen LogP contribution < -0.4 is 10.2 Å². The van der Waals surface area contributed by atoms with E-state index in [1.54, 1.807) is 0 Å². The number of anilines is 1. The Morgan fingerprint density at radius 3 is 2.32 bits per heavy atom. The summed E-state index contributed by atoms with van der Waals surface area (Å²) in [6, 6.07) is 9.55. The van der Waals surface area contributed by atoms with Crippen molar-refractivity contribution in [3.63, 3.8) is 0 Å². The second kappa shape index (κ2) is 7.54. The van der Waals surface area contributed by atoms with Crippen molar-refractivity contribution in [3.05, 3.63) is 29.8 Å². The Morgan fingerprint density at radius 2 is 1.68 bits per heavy atom. The van der Waals surface area contributed by atoms with Gasteiger partial charge in [-0.15, -0.1) is 0 Å². The van der Waals surface area contributed by atoms with Crippen molar-refractivity contribution < 1.29 is 0 Å². The minimum absolute atomic E-state index is 0.758. The molecule has 1 fully saturated rings.